The Labute approximate surface area is 177 Å². The van der Waals surface area contributed by atoms with E-state index in [9.17, 15) is 9.59 Å². The van der Waals surface area contributed by atoms with Crippen molar-refractivity contribution < 1.29 is 14.3 Å². The van der Waals surface area contributed by atoms with Crippen molar-refractivity contribution in [2.24, 2.45) is 0 Å². The number of hydrogen-bond donors (Lipinski definition) is 1. The zero-order valence-electron chi connectivity index (χ0n) is 17.8. The summed E-state index contributed by atoms with van der Waals surface area (Å²) in [7, 11) is 0. The highest BCUT2D eigenvalue weighted by Crippen LogP contribution is 2.30. The molecule has 0 bridgehead atoms. The summed E-state index contributed by atoms with van der Waals surface area (Å²) in [6.07, 6.45) is 2.80. The van der Waals surface area contributed by atoms with Crippen LogP contribution in [-0.4, -0.2) is 34.3 Å². The number of ketones is 1. The lowest BCUT2D eigenvalue weighted by atomic mass is 9.86. The van der Waals surface area contributed by atoms with Crippen molar-refractivity contribution in [2.45, 2.75) is 51.7 Å². The van der Waals surface area contributed by atoms with Crippen LogP contribution in [0.4, 0.5) is 4.79 Å². The number of aromatic nitrogens is 1. The molecule has 156 valence electrons. The van der Waals surface area contributed by atoms with E-state index in [4.69, 9.17) is 4.74 Å². The minimum absolute atomic E-state index is 0.00752. The highest BCUT2D eigenvalue weighted by molar-refractivity contribution is 6.11. The SMILES string of the molecule is CC(C)(C)c1ccc2[nH]cc(C(=O)C3CCCN3C(=O)OCc3ccccc3)c2c1. The molecule has 4 rings (SSSR count). The van der Waals surface area contributed by atoms with Crippen molar-refractivity contribution in [3.8, 4) is 0 Å². The minimum atomic E-state index is -0.481. The van der Waals surface area contributed by atoms with Crippen LogP contribution in [0.15, 0.2) is 54.7 Å². The Balaban J connectivity index is 1.54. The number of nitrogens with one attached hydrogen (secondary N) is 1. The van der Waals surface area contributed by atoms with Crippen molar-refractivity contribution in [2.75, 3.05) is 6.54 Å². The fourth-order valence-electron chi connectivity index (χ4n) is 4.03. The number of H-pyrrole nitrogens is 1. The van der Waals surface area contributed by atoms with E-state index < -0.39 is 12.1 Å². The Morgan fingerprint density at radius 2 is 1.90 bits per heavy atom. The monoisotopic (exact) mass is 404 g/mol. The second-order valence-electron chi connectivity index (χ2n) is 8.97. The second kappa shape index (κ2) is 7.98. The Bertz CT molecular complexity index is 1060. The van der Waals surface area contributed by atoms with Gasteiger partial charge in [-0.3, -0.25) is 9.69 Å². The summed E-state index contributed by atoms with van der Waals surface area (Å²) in [6, 6.07) is 15.3. The molecule has 2 heterocycles. The van der Waals surface area contributed by atoms with Gasteiger partial charge in [-0.25, -0.2) is 4.79 Å². The highest BCUT2D eigenvalue weighted by Gasteiger charge is 2.36. The third kappa shape index (κ3) is 3.97. The molecule has 1 unspecified atom stereocenters. The number of carbonyl (C=O) groups excluding carboxylic acids is 2. The maximum atomic E-state index is 13.4. The van der Waals surface area contributed by atoms with E-state index in [-0.39, 0.29) is 17.8 Å². The van der Waals surface area contributed by atoms with Crippen LogP contribution in [-0.2, 0) is 16.8 Å². The minimum Gasteiger partial charge on any atom is -0.445 e. The molecule has 30 heavy (non-hydrogen) atoms. The molecule has 1 aliphatic heterocycles. The average molecular weight is 405 g/mol. The summed E-state index contributed by atoms with van der Waals surface area (Å²) in [5, 5.41) is 0.914. The molecule has 0 aliphatic carbocycles. The molecule has 1 fully saturated rings. The fraction of sp³-hybridized carbons (Fsp3) is 0.360. The molecule has 3 aromatic rings. The summed E-state index contributed by atoms with van der Waals surface area (Å²) in [4.78, 5) is 30.9. The van der Waals surface area contributed by atoms with Crippen LogP contribution in [0.25, 0.3) is 10.9 Å². The van der Waals surface area contributed by atoms with Gasteiger partial charge in [-0.15, -0.1) is 0 Å². The molecule has 0 radical (unpaired) electrons. The lowest BCUT2D eigenvalue weighted by Gasteiger charge is -2.23. The summed E-state index contributed by atoms with van der Waals surface area (Å²) in [5.74, 6) is -0.0264. The van der Waals surface area contributed by atoms with E-state index in [1.807, 2.05) is 36.4 Å². The lowest BCUT2D eigenvalue weighted by molar-refractivity contribution is 0.0739. The standard InChI is InChI=1S/C25H28N2O3/c1-25(2,3)18-11-12-21-19(14-18)20(15-26-21)23(28)22-10-7-13-27(22)24(29)30-16-17-8-5-4-6-9-17/h4-6,8-9,11-12,14-15,22,26H,7,10,13,16H2,1-3H3. The van der Waals surface area contributed by atoms with Gasteiger partial charge in [0.1, 0.15) is 6.61 Å². The van der Waals surface area contributed by atoms with Crippen LogP contribution in [0.1, 0.15) is 55.1 Å². The van der Waals surface area contributed by atoms with E-state index in [0.717, 1.165) is 22.9 Å². The van der Waals surface area contributed by atoms with E-state index >= 15 is 0 Å². The van der Waals surface area contributed by atoms with Crippen LogP contribution >= 0.6 is 0 Å². The number of carbonyl (C=O) groups is 2. The van der Waals surface area contributed by atoms with Crippen LogP contribution in [0.2, 0.25) is 0 Å². The zero-order valence-corrected chi connectivity index (χ0v) is 17.8. The van der Waals surface area contributed by atoms with Gasteiger partial charge in [-0.1, -0.05) is 57.2 Å². The largest absolute Gasteiger partial charge is 0.445 e. The number of hydrogen-bond acceptors (Lipinski definition) is 3. The number of benzene rings is 2. The molecule has 1 N–H and O–H groups in total. The van der Waals surface area contributed by atoms with Gasteiger partial charge in [0.05, 0.1) is 6.04 Å². The molecule has 5 nitrogen and oxygen atoms in total. The van der Waals surface area contributed by atoms with Crippen molar-refractivity contribution in [3.63, 3.8) is 0 Å². The average Bonchev–Trinajstić information content (AvgIpc) is 3.38. The summed E-state index contributed by atoms with van der Waals surface area (Å²) >= 11 is 0. The molecule has 2 aromatic carbocycles. The first-order valence-electron chi connectivity index (χ1n) is 10.5. The molecule has 0 saturated carbocycles. The van der Waals surface area contributed by atoms with E-state index in [1.165, 1.54) is 5.56 Å². The van der Waals surface area contributed by atoms with E-state index in [2.05, 4.69) is 37.9 Å². The first kappa shape index (κ1) is 20.2. The van der Waals surface area contributed by atoms with Gasteiger partial charge in [-0.2, -0.15) is 0 Å². The molecule has 1 saturated heterocycles. The maximum absolute atomic E-state index is 13.4. The van der Waals surface area contributed by atoms with Crippen LogP contribution < -0.4 is 0 Å². The number of likely N-dealkylation sites (tertiary alicyclic amines) is 1. The number of ether oxygens (including phenoxy) is 1. The van der Waals surface area contributed by atoms with Gasteiger partial charge < -0.3 is 9.72 Å². The number of aromatic amines is 1. The topological polar surface area (TPSA) is 62.4 Å². The summed E-state index contributed by atoms with van der Waals surface area (Å²) < 4.78 is 5.49. The Morgan fingerprint density at radius 1 is 1.13 bits per heavy atom. The molecule has 1 aliphatic rings. The summed E-state index contributed by atoms with van der Waals surface area (Å²) in [5.41, 5.74) is 3.67. The third-order valence-electron chi connectivity index (χ3n) is 5.81. The van der Waals surface area contributed by atoms with Gasteiger partial charge in [0.2, 0.25) is 0 Å². The van der Waals surface area contributed by atoms with Gasteiger partial charge in [0.25, 0.3) is 0 Å². The molecular weight excluding hydrogens is 376 g/mol. The molecule has 1 aromatic heterocycles. The lowest BCUT2D eigenvalue weighted by Crippen LogP contribution is -2.40. The quantitative estimate of drug-likeness (QED) is 0.588. The molecule has 5 heteroatoms. The van der Waals surface area contributed by atoms with Crippen LogP contribution in [0.5, 0.6) is 0 Å². The predicted molar refractivity (Wildman–Crippen MR) is 118 cm³/mol. The Kier molecular flexibility index (Phi) is 5.37. The molecule has 1 amide bonds. The molecule has 1 atom stereocenters. The number of rotatable bonds is 4. The van der Waals surface area contributed by atoms with Crippen molar-refractivity contribution >= 4 is 22.8 Å². The number of nitrogens with zero attached hydrogens (tertiary/aromatic N) is 1. The molecular formula is C25H28N2O3. The number of fused-ring (bicyclic) bond motifs is 1. The number of Topliss-reactive ketones (excluding diaryl/α,β-unsaturated/α-hetero) is 1. The zero-order chi connectivity index (χ0) is 21.3. The second-order valence-corrected chi connectivity index (χ2v) is 8.97. The van der Waals surface area contributed by atoms with E-state index in [0.29, 0.717) is 18.5 Å². The highest BCUT2D eigenvalue weighted by atomic mass is 16.6. The van der Waals surface area contributed by atoms with Gasteiger partial charge in [0.15, 0.2) is 5.78 Å². The van der Waals surface area contributed by atoms with Gasteiger partial charge in [0, 0.05) is 29.2 Å². The predicted octanol–water partition coefficient (Wildman–Crippen LogP) is 5.45. The Morgan fingerprint density at radius 3 is 2.63 bits per heavy atom. The Hall–Kier alpha value is -3.08. The van der Waals surface area contributed by atoms with Crippen molar-refractivity contribution in [1.82, 2.24) is 9.88 Å². The van der Waals surface area contributed by atoms with E-state index in [1.54, 1.807) is 11.1 Å². The van der Waals surface area contributed by atoms with Crippen molar-refractivity contribution in [1.29, 1.82) is 0 Å². The van der Waals surface area contributed by atoms with Crippen molar-refractivity contribution in [3.05, 3.63) is 71.4 Å². The number of amides is 1. The first-order valence-corrected chi connectivity index (χ1v) is 10.5. The maximum Gasteiger partial charge on any atom is 0.410 e. The third-order valence-corrected chi connectivity index (χ3v) is 5.81. The normalized spacial score (nSPS) is 16.8. The molecule has 0 spiro atoms. The van der Waals surface area contributed by atoms with Gasteiger partial charge >= 0.3 is 6.09 Å². The smallest absolute Gasteiger partial charge is 0.410 e. The first-order chi connectivity index (χ1) is 14.3. The van der Waals surface area contributed by atoms with Gasteiger partial charge in [-0.05, 0) is 41.5 Å². The van der Waals surface area contributed by atoms with Crippen LogP contribution in [0, 0.1) is 0 Å². The fourth-order valence-corrected chi connectivity index (χ4v) is 4.03. The van der Waals surface area contributed by atoms with Crippen LogP contribution in [0.3, 0.4) is 0 Å². The summed E-state index contributed by atoms with van der Waals surface area (Å²) in [6.45, 7) is 7.22.